The predicted molar refractivity (Wildman–Crippen MR) is 104 cm³/mol. The number of piperidine rings is 1. The van der Waals surface area contributed by atoms with E-state index in [-0.39, 0.29) is 22.4 Å². The Kier molecular flexibility index (Phi) is 6.58. The lowest BCUT2D eigenvalue weighted by molar-refractivity contribution is 0.163. The first-order chi connectivity index (χ1) is 12.0. The van der Waals surface area contributed by atoms with Gasteiger partial charge >= 0.3 is 6.03 Å². The number of sulfonamides is 1. The number of hydrogen-bond acceptors (Lipinski definition) is 3. The van der Waals surface area contributed by atoms with Gasteiger partial charge in [0.2, 0.25) is 10.0 Å². The number of halogens is 1. The Balaban J connectivity index is 1.88. The van der Waals surface area contributed by atoms with Gasteiger partial charge in [0.15, 0.2) is 0 Å². The first kappa shape index (κ1) is 21.0. The lowest BCUT2D eigenvalue weighted by Gasteiger charge is -2.34. The third-order valence-electron chi connectivity index (χ3n) is 4.45. The van der Waals surface area contributed by atoms with E-state index in [1.54, 1.807) is 30.0 Å². The molecule has 1 fully saturated rings. The number of benzene rings is 1. The zero-order valence-electron chi connectivity index (χ0n) is 15.8. The second-order valence-corrected chi connectivity index (χ2v) is 9.97. The van der Waals surface area contributed by atoms with Crippen LogP contribution in [0.3, 0.4) is 0 Å². The largest absolute Gasteiger partial charge is 0.333 e. The Bertz CT molecular complexity index is 751. The van der Waals surface area contributed by atoms with Gasteiger partial charge in [-0.05, 0) is 64.2 Å². The van der Waals surface area contributed by atoms with Gasteiger partial charge in [-0.3, -0.25) is 0 Å². The Morgan fingerprint density at radius 3 is 2.46 bits per heavy atom. The van der Waals surface area contributed by atoms with Gasteiger partial charge in [0, 0.05) is 30.2 Å². The summed E-state index contributed by atoms with van der Waals surface area (Å²) in [5, 5.41) is 3.39. The molecule has 0 bridgehead atoms. The SMILES string of the molecule is Cc1c(Cl)cccc1S(=O)(=O)NCC1CCN(C(=O)NC(C)(C)C)CC1. The fraction of sp³-hybridized carbons (Fsp3) is 0.611. The van der Waals surface area contributed by atoms with E-state index in [9.17, 15) is 13.2 Å². The highest BCUT2D eigenvalue weighted by molar-refractivity contribution is 7.89. The van der Waals surface area contributed by atoms with Crippen molar-refractivity contribution in [3.05, 3.63) is 28.8 Å². The van der Waals surface area contributed by atoms with Crippen molar-refractivity contribution in [2.24, 2.45) is 5.92 Å². The van der Waals surface area contributed by atoms with Crippen molar-refractivity contribution >= 4 is 27.7 Å². The molecule has 2 amide bonds. The Hall–Kier alpha value is -1.31. The number of carbonyl (C=O) groups excluding carboxylic acids is 1. The molecule has 6 nitrogen and oxygen atoms in total. The van der Waals surface area contributed by atoms with Crippen molar-refractivity contribution in [2.45, 2.75) is 51.0 Å². The van der Waals surface area contributed by atoms with E-state index >= 15 is 0 Å². The number of nitrogens with zero attached hydrogens (tertiary/aromatic N) is 1. The van der Waals surface area contributed by atoms with E-state index in [1.165, 1.54) is 0 Å². The second kappa shape index (κ2) is 8.15. The summed E-state index contributed by atoms with van der Waals surface area (Å²) in [5.74, 6) is 0.211. The van der Waals surface area contributed by atoms with Crippen molar-refractivity contribution in [2.75, 3.05) is 19.6 Å². The number of carbonyl (C=O) groups is 1. The monoisotopic (exact) mass is 401 g/mol. The van der Waals surface area contributed by atoms with Crippen molar-refractivity contribution in [1.29, 1.82) is 0 Å². The average molecular weight is 402 g/mol. The molecule has 146 valence electrons. The van der Waals surface area contributed by atoms with Crippen molar-refractivity contribution < 1.29 is 13.2 Å². The number of hydrogen-bond donors (Lipinski definition) is 2. The van der Waals surface area contributed by atoms with E-state index in [2.05, 4.69) is 10.0 Å². The van der Waals surface area contributed by atoms with E-state index in [1.807, 2.05) is 20.8 Å². The highest BCUT2D eigenvalue weighted by Gasteiger charge is 2.26. The zero-order valence-corrected chi connectivity index (χ0v) is 17.4. The molecule has 0 unspecified atom stereocenters. The Morgan fingerprint density at radius 1 is 1.27 bits per heavy atom. The molecule has 1 aliphatic rings. The topological polar surface area (TPSA) is 78.5 Å². The molecule has 8 heteroatoms. The molecule has 0 saturated carbocycles. The maximum Gasteiger partial charge on any atom is 0.317 e. The van der Waals surface area contributed by atoms with Crippen LogP contribution in [-0.4, -0.2) is 44.5 Å². The van der Waals surface area contributed by atoms with Gasteiger partial charge in [-0.25, -0.2) is 17.9 Å². The molecule has 0 atom stereocenters. The third-order valence-corrected chi connectivity index (χ3v) is 6.43. The molecule has 0 spiro atoms. The molecular formula is C18H28ClN3O3S. The predicted octanol–water partition coefficient (Wildman–Crippen LogP) is 3.15. The van der Waals surface area contributed by atoms with Crippen LogP contribution in [-0.2, 0) is 10.0 Å². The molecule has 1 heterocycles. The highest BCUT2D eigenvalue weighted by atomic mass is 35.5. The van der Waals surface area contributed by atoms with Crippen molar-refractivity contribution in [3.8, 4) is 0 Å². The molecule has 1 saturated heterocycles. The molecule has 0 radical (unpaired) electrons. The lowest BCUT2D eigenvalue weighted by atomic mass is 9.97. The molecular weight excluding hydrogens is 374 g/mol. The van der Waals surface area contributed by atoms with Gasteiger partial charge in [0.25, 0.3) is 0 Å². The van der Waals surface area contributed by atoms with E-state index in [4.69, 9.17) is 11.6 Å². The summed E-state index contributed by atoms with van der Waals surface area (Å²) in [6.45, 7) is 9.17. The number of amides is 2. The second-order valence-electron chi connectivity index (χ2n) is 7.83. The first-order valence-corrected chi connectivity index (χ1v) is 10.7. The fourth-order valence-electron chi connectivity index (χ4n) is 2.92. The van der Waals surface area contributed by atoms with E-state index in [0.717, 1.165) is 12.8 Å². The molecule has 1 aromatic carbocycles. The average Bonchev–Trinajstić information content (AvgIpc) is 2.54. The summed E-state index contributed by atoms with van der Waals surface area (Å²) in [6.07, 6.45) is 1.54. The molecule has 2 rings (SSSR count). The number of urea groups is 1. The maximum absolute atomic E-state index is 12.5. The normalized spacial score (nSPS) is 16.6. The zero-order chi connectivity index (χ0) is 19.5. The van der Waals surface area contributed by atoms with Crippen molar-refractivity contribution in [3.63, 3.8) is 0 Å². The summed E-state index contributed by atoms with van der Waals surface area (Å²) < 4.78 is 27.8. The van der Waals surface area contributed by atoms with Crippen LogP contribution in [0, 0.1) is 12.8 Å². The maximum atomic E-state index is 12.5. The van der Waals surface area contributed by atoms with Crippen LogP contribution in [0.5, 0.6) is 0 Å². The van der Waals surface area contributed by atoms with Gasteiger partial charge in [-0.15, -0.1) is 0 Å². The van der Waals surface area contributed by atoms with Crippen LogP contribution in [0.25, 0.3) is 0 Å². The van der Waals surface area contributed by atoms with Crippen LogP contribution in [0.15, 0.2) is 23.1 Å². The van der Waals surface area contributed by atoms with E-state index < -0.39 is 10.0 Å². The highest BCUT2D eigenvalue weighted by Crippen LogP contribution is 2.23. The number of likely N-dealkylation sites (tertiary alicyclic amines) is 1. The van der Waals surface area contributed by atoms with Crippen LogP contribution in [0.2, 0.25) is 5.02 Å². The molecule has 0 aromatic heterocycles. The number of rotatable bonds is 4. The molecule has 26 heavy (non-hydrogen) atoms. The van der Waals surface area contributed by atoms with Gasteiger partial charge < -0.3 is 10.2 Å². The summed E-state index contributed by atoms with van der Waals surface area (Å²) in [4.78, 5) is 14.2. The number of nitrogens with one attached hydrogen (secondary N) is 2. The lowest BCUT2D eigenvalue weighted by Crippen LogP contribution is -2.51. The molecule has 0 aliphatic carbocycles. The van der Waals surface area contributed by atoms with Gasteiger partial charge in [-0.2, -0.15) is 0 Å². The minimum atomic E-state index is -3.59. The van der Waals surface area contributed by atoms with Gasteiger partial charge in [-0.1, -0.05) is 17.7 Å². The summed E-state index contributed by atoms with van der Waals surface area (Å²) in [7, 11) is -3.59. The van der Waals surface area contributed by atoms with Gasteiger partial charge in [0.05, 0.1) is 4.90 Å². The Labute approximate surface area is 161 Å². The summed E-state index contributed by atoms with van der Waals surface area (Å²) in [6, 6.07) is 4.80. The van der Waals surface area contributed by atoms with Crippen LogP contribution in [0.4, 0.5) is 4.79 Å². The minimum Gasteiger partial charge on any atom is -0.333 e. The summed E-state index contributed by atoms with van der Waals surface area (Å²) in [5.41, 5.74) is 0.286. The van der Waals surface area contributed by atoms with Crippen LogP contribution in [0.1, 0.15) is 39.2 Å². The van der Waals surface area contributed by atoms with Gasteiger partial charge in [0.1, 0.15) is 0 Å². The molecule has 1 aromatic rings. The minimum absolute atomic E-state index is 0.0638. The quantitative estimate of drug-likeness (QED) is 0.813. The standard InChI is InChI=1S/C18H28ClN3O3S/c1-13-15(19)6-5-7-16(13)26(24,25)20-12-14-8-10-22(11-9-14)17(23)21-18(2,3)4/h5-7,14,20H,8-12H2,1-4H3,(H,21,23). The summed E-state index contributed by atoms with van der Waals surface area (Å²) >= 11 is 6.02. The Morgan fingerprint density at radius 2 is 1.88 bits per heavy atom. The fourth-order valence-corrected chi connectivity index (χ4v) is 4.54. The third kappa shape index (κ3) is 5.59. The molecule has 1 aliphatic heterocycles. The molecule has 2 N–H and O–H groups in total. The van der Waals surface area contributed by atoms with E-state index in [0.29, 0.717) is 30.2 Å². The van der Waals surface area contributed by atoms with Crippen LogP contribution >= 0.6 is 11.6 Å². The van der Waals surface area contributed by atoms with Crippen molar-refractivity contribution in [1.82, 2.24) is 14.9 Å². The van der Waals surface area contributed by atoms with Crippen LogP contribution < -0.4 is 10.0 Å². The first-order valence-electron chi connectivity index (χ1n) is 8.81. The smallest absolute Gasteiger partial charge is 0.317 e.